The van der Waals surface area contributed by atoms with Crippen molar-refractivity contribution in [3.05, 3.63) is 35.4 Å². The number of thioether (sulfide) groups is 1. The molecule has 0 aromatic heterocycles. The van der Waals surface area contributed by atoms with Crippen LogP contribution in [0.2, 0.25) is 0 Å². The molecule has 20 heavy (non-hydrogen) atoms. The molecule has 0 spiro atoms. The summed E-state index contributed by atoms with van der Waals surface area (Å²) in [5, 5.41) is 3.53. The third-order valence-corrected chi connectivity index (χ3v) is 5.66. The molecule has 0 atom stereocenters. The highest BCUT2D eigenvalue weighted by molar-refractivity contribution is 8.00. The molecule has 3 N–H and O–H groups in total. The van der Waals surface area contributed by atoms with Crippen molar-refractivity contribution < 1.29 is 4.79 Å². The molecule has 2 rings (SSSR count). The van der Waals surface area contributed by atoms with Gasteiger partial charge < -0.3 is 11.1 Å². The molecular weight excluding hydrogens is 268 g/mol. The Hall–Kier alpha value is -1.00. The summed E-state index contributed by atoms with van der Waals surface area (Å²) in [5.41, 5.74) is 7.03. The predicted molar refractivity (Wildman–Crippen MR) is 86.0 cm³/mol. The van der Waals surface area contributed by atoms with E-state index in [-0.39, 0.29) is 5.91 Å². The van der Waals surface area contributed by atoms with Gasteiger partial charge in [0.15, 0.2) is 0 Å². The summed E-state index contributed by atoms with van der Waals surface area (Å²) >= 11 is 1.98. The molecule has 0 unspecified atom stereocenters. The molecule has 0 aliphatic heterocycles. The fourth-order valence-electron chi connectivity index (χ4n) is 2.99. The van der Waals surface area contributed by atoms with Gasteiger partial charge >= 0.3 is 0 Å². The highest BCUT2D eigenvalue weighted by Crippen LogP contribution is 2.37. The summed E-state index contributed by atoms with van der Waals surface area (Å²) in [6.07, 6.45) is 8.83. The van der Waals surface area contributed by atoms with E-state index in [1.165, 1.54) is 32.1 Å². The minimum Gasteiger partial charge on any atom is -0.366 e. The van der Waals surface area contributed by atoms with E-state index in [2.05, 4.69) is 11.6 Å². The van der Waals surface area contributed by atoms with E-state index >= 15 is 0 Å². The van der Waals surface area contributed by atoms with E-state index < -0.39 is 0 Å². The van der Waals surface area contributed by atoms with Crippen LogP contribution >= 0.6 is 11.8 Å². The molecule has 1 aliphatic carbocycles. The average molecular weight is 292 g/mol. The lowest BCUT2D eigenvalue weighted by Gasteiger charge is -2.36. The largest absolute Gasteiger partial charge is 0.366 e. The van der Waals surface area contributed by atoms with E-state index in [1.807, 2.05) is 30.0 Å². The first-order valence-corrected chi connectivity index (χ1v) is 8.53. The van der Waals surface area contributed by atoms with E-state index in [9.17, 15) is 4.79 Å². The van der Waals surface area contributed by atoms with Crippen molar-refractivity contribution in [1.29, 1.82) is 0 Å². The maximum atomic E-state index is 11.4. The highest BCUT2D eigenvalue weighted by Gasteiger charge is 2.30. The monoisotopic (exact) mass is 292 g/mol. The Labute approximate surface area is 125 Å². The van der Waals surface area contributed by atoms with Gasteiger partial charge in [-0.15, -0.1) is 0 Å². The minimum atomic E-state index is -0.348. The van der Waals surface area contributed by atoms with Crippen molar-refractivity contribution in [2.75, 3.05) is 12.8 Å². The van der Waals surface area contributed by atoms with Gasteiger partial charge in [0, 0.05) is 23.4 Å². The van der Waals surface area contributed by atoms with Gasteiger partial charge in [-0.05, 0) is 30.7 Å². The average Bonchev–Trinajstić information content (AvgIpc) is 2.48. The van der Waals surface area contributed by atoms with Crippen molar-refractivity contribution in [3.8, 4) is 0 Å². The van der Waals surface area contributed by atoms with Gasteiger partial charge in [0.05, 0.1) is 0 Å². The van der Waals surface area contributed by atoms with Crippen LogP contribution in [0.1, 0.15) is 48.0 Å². The lowest BCUT2D eigenvalue weighted by Crippen LogP contribution is -2.39. The number of nitrogens with one attached hydrogen (secondary N) is 1. The minimum absolute atomic E-state index is 0.348. The first kappa shape index (κ1) is 15.4. The van der Waals surface area contributed by atoms with Gasteiger partial charge in [0.1, 0.15) is 0 Å². The Bertz CT molecular complexity index is 456. The van der Waals surface area contributed by atoms with Crippen LogP contribution in [-0.2, 0) is 6.54 Å². The lowest BCUT2D eigenvalue weighted by molar-refractivity contribution is 0.0999. The van der Waals surface area contributed by atoms with Crippen LogP contribution in [0.3, 0.4) is 0 Å². The van der Waals surface area contributed by atoms with E-state index in [4.69, 9.17) is 5.73 Å². The van der Waals surface area contributed by atoms with Crippen molar-refractivity contribution in [3.63, 3.8) is 0 Å². The molecular formula is C16H24N2OS. The standard InChI is InChI=1S/C16H24N2OS/c1-20-16(9-5-2-6-10-16)12-18-11-13-7-3-4-8-14(13)15(17)19/h3-4,7-8,18H,2,5-6,9-12H2,1H3,(H2,17,19). The van der Waals surface area contributed by atoms with Crippen LogP contribution in [0.5, 0.6) is 0 Å². The van der Waals surface area contributed by atoms with E-state index in [0.717, 1.165) is 12.1 Å². The second kappa shape index (κ2) is 7.14. The number of carbonyl (C=O) groups is 1. The van der Waals surface area contributed by atoms with Gasteiger partial charge in [-0.2, -0.15) is 11.8 Å². The van der Waals surface area contributed by atoms with Gasteiger partial charge in [0.25, 0.3) is 0 Å². The topological polar surface area (TPSA) is 55.1 Å². The molecule has 0 saturated heterocycles. The Morgan fingerprint density at radius 2 is 2.00 bits per heavy atom. The number of benzene rings is 1. The van der Waals surface area contributed by atoms with Crippen LogP contribution in [-0.4, -0.2) is 23.5 Å². The third kappa shape index (κ3) is 3.76. The smallest absolute Gasteiger partial charge is 0.249 e. The number of nitrogens with two attached hydrogens (primary N) is 1. The molecule has 1 aromatic carbocycles. The van der Waals surface area contributed by atoms with Crippen LogP contribution in [0.15, 0.2) is 24.3 Å². The summed E-state index contributed by atoms with van der Waals surface area (Å²) in [6, 6.07) is 7.58. The molecule has 110 valence electrons. The summed E-state index contributed by atoms with van der Waals surface area (Å²) < 4.78 is 0.375. The fourth-order valence-corrected chi connectivity index (χ4v) is 3.93. The number of primary amides is 1. The number of hydrogen-bond acceptors (Lipinski definition) is 3. The summed E-state index contributed by atoms with van der Waals surface area (Å²) in [5.74, 6) is -0.348. The number of rotatable bonds is 6. The Kier molecular flexibility index (Phi) is 5.49. The first-order chi connectivity index (χ1) is 9.67. The Morgan fingerprint density at radius 3 is 2.65 bits per heavy atom. The second-order valence-corrected chi connectivity index (χ2v) is 6.85. The fraction of sp³-hybridized carbons (Fsp3) is 0.562. The van der Waals surface area contributed by atoms with Gasteiger partial charge in [-0.3, -0.25) is 4.79 Å². The quantitative estimate of drug-likeness (QED) is 0.847. The van der Waals surface area contributed by atoms with E-state index in [1.54, 1.807) is 6.07 Å². The SMILES string of the molecule is CSC1(CNCc2ccccc2C(N)=O)CCCCC1. The van der Waals surface area contributed by atoms with E-state index in [0.29, 0.717) is 16.9 Å². The van der Waals surface area contributed by atoms with Crippen molar-refractivity contribution in [2.24, 2.45) is 5.73 Å². The van der Waals surface area contributed by atoms with Crippen molar-refractivity contribution >= 4 is 17.7 Å². The third-order valence-electron chi connectivity index (χ3n) is 4.24. The maximum Gasteiger partial charge on any atom is 0.249 e. The second-order valence-electron chi connectivity index (χ2n) is 5.57. The zero-order valence-electron chi connectivity index (χ0n) is 12.2. The highest BCUT2D eigenvalue weighted by atomic mass is 32.2. The molecule has 4 heteroatoms. The summed E-state index contributed by atoms with van der Waals surface area (Å²) in [7, 11) is 0. The maximum absolute atomic E-state index is 11.4. The molecule has 3 nitrogen and oxygen atoms in total. The molecule has 0 heterocycles. The lowest BCUT2D eigenvalue weighted by atomic mass is 9.88. The molecule has 1 amide bonds. The number of hydrogen-bond donors (Lipinski definition) is 2. The summed E-state index contributed by atoms with van der Waals surface area (Å²) in [4.78, 5) is 11.4. The zero-order valence-corrected chi connectivity index (χ0v) is 13.0. The Balaban J connectivity index is 1.94. The van der Waals surface area contributed by atoms with Crippen LogP contribution in [0.25, 0.3) is 0 Å². The normalized spacial score (nSPS) is 17.9. The van der Waals surface area contributed by atoms with Crippen LogP contribution < -0.4 is 11.1 Å². The van der Waals surface area contributed by atoms with Crippen LogP contribution in [0, 0.1) is 0 Å². The van der Waals surface area contributed by atoms with Gasteiger partial charge in [0.2, 0.25) is 5.91 Å². The van der Waals surface area contributed by atoms with Gasteiger partial charge in [-0.1, -0.05) is 37.5 Å². The molecule has 0 bridgehead atoms. The zero-order chi connectivity index (χ0) is 14.4. The van der Waals surface area contributed by atoms with Crippen molar-refractivity contribution in [2.45, 2.75) is 43.4 Å². The van der Waals surface area contributed by atoms with Crippen LogP contribution in [0.4, 0.5) is 0 Å². The molecule has 1 saturated carbocycles. The molecule has 1 aromatic rings. The molecule has 1 aliphatic rings. The Morgan fingerprint density at radius 1 is 1.30 bits per heavy atom. The van der Waals surface area contributed by atoms with Crippen molar-refractivity contribution in [1.82, 2.24) is 5.32 Å². The predicted octanol–water partition coefficient (Wildman–Crippen LogP) is 2.94. The number of carbonyl (C=O) groups excluding carboxylic acids is 1. The first-order valence-electron chi connectivity index (χ1n) is 7.30. The molecule has 1 fully saturated rings. The molecule has 0 radical (unpaired) electrons. The number of amides is 1. The van der Waals surface area contributed by atoms with Gasteiger partial charge in [-0.25, -0.2) is 0 Å². The summed E-state index contributed by atoms with van der Waals surface area (Å²) in [6.45, 7) is 1.71.